The maximum atomic E-state index is 12.2. The quantitative estimate of drug-likeness (QED) is 0.767. The number of carbonyl (C=O) groups is 2. The highest BCUT2D eigenvalue weighted by atomic mass is 16.2. The van der Waals surface area contributed by atoms with Crippen LogP contribution in [-0.2, 0) is 9.59 Å². The van der Waals surface area contributed by atoms with Crippen molar-refractivity contribution in [3.63, 3.8) is 0 Å². The van der Waals surface area contributed by atoms with E-state index in [-0.39, 0.29) is 17.7 Å². The van der Waals surface area contributed by atoms with Crippen LogP contribution in [0.15, 0.2) is 0 Å². The summed E-state index contributed by atoms with van der Waals surface area (Å²) in [6.07, 6.45) is 4.68. The first-order valence-electron chi connectivity index (χ1n) is 9.13. The fourth-order valence-electron chi connectivity index (χ4n) is 3.73. The smallest absolute Gasteiger partial charge is 0.234 e. The summed E-state index contributed by atoms with van der Waals surface area (Å²) < 4.78 is 0. The van der Waals surface area contributed by atoms with E-state index in [1.807, 2.05) is 4.90 Å². The zero-order chi connectivity index (χ0) is 16.2. The Morgan fingerprint density at radius 3 is 2.26 bits per heavy atom. The predicted octanol–water partition coefficient (Wildman–Crippen LogP) is 0.0449. The lowest BCUT2D eigenvalue weighted by molar-refractivity contribution is -0.139. The van der Waals surface area contributed by atoms with Gasteiger partial charge in [0.05, 0.1) is 12.5 Å². The molecule has 2 saturated heterocycles. The molecule has 2 amide bonds. The van der Waals surface area contributed by atoms with Crippen LogP contribution < -0.4 is 10.6 Å². The van der Waals surface area contributed by atoms with Gasteiger partial charge in [0.1, 0.15) is 0 Å². The van der Waals surface area contributed by atoms with Crippen molar-refractivity contribution in [3.05, 3.63) is 0 Å². The van der Waals surface area contributed by atoms with E-state index in [4.69, 9.17) is 0 Å². The number of nitrogens with zero attached hydrogens (tertiary/aromatic N) is 2. The molecule has 3 rings (SSSR count). The number of hydrogen-bond donors (Lipinski definition) is 2. The second kappa shape index (κ2) is 7.62. The van der Waals surface area contributed by atoms with E-state index in [0.717, 1.165) is 58.0 Å². The van der Waals surface area contributed by atoms with Gasteiger partial charge in [-0.1, -0.05) is 6.92 Å². The van der Waals surface area contributed by atoms with Crippen LogP contribution >= 0.6 is 0 Å². The lowest BCUT2D eigenvalue weighted by Gasteiger charge is -2.38. The van der Waals surface area contributed by atoms with Crippen molar-refractivity contribution in [1.29, 1.82) is 0 Å². The molecule has 1 aliphatic carbocycles. The molecule has 0 spiro atoms. The van der Waals surface area contributed by atoms with Gasteiger partial charge in [-0.3, -0.25) is 14.5 Å². The van der Waals surface area contributed by atoms with Gasteiger partial charge < -0.3 is 15.5 Å². The fraction of sp³-hybridized carbons (Fsp3) is 0.882. The summed E-state index contributed by atoms with van der Waals surface area (Å²) >= 11 is 0. The topological polar surface area (TPSA) is 64.7 Å². The summed E-state index contributed by atoms with van der Waals surface area (Å²) in [4.78, 5) is 28.5. The highest BCUT2D eigenvalue weighted by Gasteiger charge is 2.31. The molecule has 6 heteroatoms. The normalized spacial score (nSPS) is 29.9. The van der Waals surface area contributed by atoms with Gasteiger partial charge in [0.25, 0.3) is 0 Å². The molecule has 6 nitrogen and oxygen atoms in total. The lowest BCUT2D eigenvalue weighted by atomic mass is 9.87. The van der Waals surface area contributed by atoms with E-state index in [9.17, 15) is 9.59 Å². The van der Waals surface area contributed by atoms with Crippen LogP contribution in [0.2, 0.25) is 0 Å². The largest absolute Gasteiger partial charge is 0.352 e. The molecule has 1 saturated carbocycles. The first-order chi connectivity index (χ1) is 11.1. The van der Waals surface area contributed by atoms with Gasteiger partial charge in [-0.15, -0.1) is 0 Å². The van der Waals surface area contributed by atoms with Crippen molar-refractivity contribution < 1.29 is 9.59 Å². The monoisotopic (exact) mass is 322 g/mol. The van der Waals surface area contributed by atoms with E-state index < -0.39 is 0 Å². The number of rotatable bonds is 4. The standard InChI is InChI=1S/C17H30N4O2/c1-13-2-4-15(5-3-13)19-16(22)12-20-6-8-21(9-7-20)17(23)14-10-18-11-14/h13-15,18H,2-12H2,1H3,(H,19,22). The molecule has 0 aromatic rings. The van der Waals surface area contributed by atoms with E-state index in [1.165, 1.54) is 12.8 Å². The third-order valence-corrected chi connectivity index (χ3v) is 5.56. The van der Waals surface area contributed by atoms with E-state index in [2.05, 4.69) is 22.5 Å². The molecule has 2 N–H and O–H groups in total. The minimum atomic E-state index is 0.146. The molecule has 3 aliphatic rings. The lowest BCUT2D eigenvalue weighted by Crippen LogP contribution is -2.57. The van der Waals surface area contributed by atoms with Gasteiger partial charge >= 0.3 is 0 Å². The van der Waals surface area contributed by atoms with Crippen LogP contribution in [0.1, 0.15) is 32.6 Å². The minimum Gasteiger partial charge on any atom is -0.352 e. The van der Waals surface area contributed by atoms with Gasteiger partial charge in [0.2, 0.25) is 11.8 Å². The highest BCUT2D eigenvalue weighted by Crippen LogP contribution is 2.23. The number of carbonyl (C=O) groups excluding carboxylic acids is 2. The van der Waals surface area contributed by atoms with Gasteiger partial charge in [-0.05, 0) is 31.6 Å². The van der Waals surface area contributed by atoms with Crippen LogP contribution in [0.5, 0.6) is 0 Å². The molecule has 0 radical (unpaired) electrons. The first kappa shape index (κ1) is 16.7. The van der Waals surface area contributed by atoms with Crippen molar-refractivity contribution >= 4 is 11.8 Å². The van der Waals surface area contributed by atoms with Crippen LogP contribution in [-0.4, -0.2) is 73.5 Å². The molecule has 0 aromatic carbocycles. The summed E-state index contributed by atoms with van der Waals surface area (Å²) in [6.45, 7) is 7.52. The second-order valence-electron chi connectivity index (χ2n) is 7.48. The molecule has 0 bridgehead atoms. The molecule has 0 atom stereocenters. The summed E-state index contributed by atoms with van der Waals surface area (Å²) in [7, 11) is 0. The summed E-state index contributed by atoms with van der Waals surface area (Å²) in [6, 6.07) is 0.368. The third-order valence-electron chi connectivity index (χ3n) is 5.56. The number of nitrogens with one attached hydrogen (secondary N) is 2. The number of amides is 2. The molecule has 0 aromatic heterocycles. The Labute approximate surface area is 139 Å². The van der Waals surface area contributed by atoms with Crippen LogP contribution in [0.3, 0.4) is 0 Å². The van der Waals surface area contributed by atoms with Gasteiger partial charge in [-0.25, -0.2) is 0 Å². The zero-order valence-corrected chi connectivity index (χ0v) is 14.2. The summed E-state index contributed by atoms with van der Waals surface area (Å²) in [5, 5.41) is 6.33. The highest BCUT2D eigenvalue weighted by molar-refractivity contribution is 5.80. The summed E-state index contributed by atoms with van der Waals surface area (Å²) in [5.74, 6) is 1.41. The number of hydrogen-bond acceptors (Lipinski definition) is 4. The van der Waals surface area contributed by atoms with Gasteiger partial charge in [-0.2, -0.15) is 0 Å². The molecule has 2 heterocycles. The van der Waals surface area contributed by atoms with Crippen LogP contribution in [0.25, 0.3) is 0 Å². The minimum absolute atomic E-state index is 0.146. The van der Waals surface area contributed by atoms with Crippen molar-refractivity contribution in [2.24, 2.45) is 11.8 Å². The van der Waals surface area contributed by atoms with Gasteiger partial charge in [0, 0.05) is 45.3 Å². The Kier molecular flexibility index (Phi) is 5.54. The van der Waals surface area contributed by atoms with E-state index in [0.29, 0.717) is 12.6 Å². The first-order valence-corrected chi connectivity index (χ1v) is 9.13. The van der Waals surface area contributed by atoms with Crippen LogP contribution in [0.4, 0.5) is 0 Å². The van der Waals surface area contributed by atoms with Crippen molar-refractivity contribution in [2.75, 3.05) is 45.8 Å². The molecule has 0 unspecified atom stereocenters. The average molecular weight is 322 g/mol. The molecule has 23 heavy (non-hydrogen) atoms. The molecule has 3 fully saturated rings. The van der Waals surface area contributed by atoms with Crippen molar-refractivity contribution in [3.8, 4) is 0 Å². The Morgan fingerprint density at radius 2 is 1.70 bits per heavy atom. The number of piperazine rings is 1. The Morgan fingerprint density at radius 1 is 1.04 bits per heavy atom. The third kappa shape index (κ3) is 4.44. The van der Waals surface area contributed by atoms with Gasteiger partial charge in [0.15, 0.2) is 0 Å². The molecular weight excluding hydrogens is 292 g/mol. The van der Waals surface area contributed by atoms with E-state index >= 15 is 0 Å². The van der Waals surface area contributed by atoms with Crippen LogP contribution in [0, 0.1) is 11.8 Å². The van der Waals surface area contributed by atoms with Crippen molar-refractivity contribution in [2.45, 2.75) is 38.6 Å². The molecular formula is C17H30N4O2. The zero-order valence-electron chi connectivity index (χ0n) is 14.2. The maximum Gasteiger partial charge on any atom is 0.234 e. The Hall–Kier alpha value is -1.14. The van der Waals surface area contributed by atoms with Crippen molar-refractivity contribution in [1.82, 2.24) is 20.4 Å². The predicted molar refractivity (Wildman–Crippen MR) is 88.9 cm³/mol. The molecule has 2 aliphatic heterocycles. The Bertz CT molecular complexity index is 422. The second-order valence-corrected chi connectivity index (χ2v) is 7.48. The maximum absolute atomic E-state index is 12.2. The average Bonchev–Trinajstić information content (AvgIpc) is 2.48. The fourth-order valence-corrected chi connectivity index (χ4v) is 3.73. The SMILES string of the molecule is CC1CCC(NC(=O)CN2CCN(C(=O)C3CNC3)CC2)CC1. The Balaban J connectivity index is 1.35. The summed E-state index contributed by atoms with van der Waals surface area (Å²) in [5.41, 5.74) is 0. The molecule has 130 valence electrons. The van der Waals surface area contributed by atoms with E-state index in [1.54, 1.807) is 0 Å².